The number of halogens is 2. The van der Waals surface area contributed by atoms with E-state index in [4.69, 9.17) is 17.3 Å². The second kappa shape index (κ2) is 5.14. The van der Waals surface area contributed by atoms with Gasteiger partial charge in [-0.05, 0) is 30.5 Å². The van der Waals surface area contributed by atoms with Gasteiger partial charge in [-0.15, -0.1) is 12.4 Å². The third kappa shape index (κ3) is 3.35. The van der Waals surface area contributed by atoms with Gasteiger partial charge in [-0.3, -0.25) is 0 Å². The Morgan fingerprint density at radius 3 is 2.06 bits per heavy atom. The van der Waals surface area contributed by atoms with Crippen LogP contribution in [-0.4, -0.2) is 19.9 Å². The normalized spacial score (nSPS) is 21.5. The first kappa shape index (κ1) is 14.8. The van der Waals surface area contributed by atoms with Gasteiger partial charge in [-0.25, -0.2) is 8.42 Å². The number of benzene rings is 1. The zero-order chi connectivity index (χ0) is 11.8. The Morgan fingerprint density at radius 2 is 1.59 bits per heavy atom. The van der Waals surface area contributed by atoms with E-state index in [9.17, 15) is 8.42 Å². The minimum atomic E-state index is -2.88. The van der Waals surface area contributed by atoms with E-state index in [1.54, 1.807) is 12.1 Å². The highest BCUT2D eigenvalue weighted by molar-refractivity contribution is 7.91. The van der Waals surface area contributed by atoms with Crippen LogP contribution >= 0.6 is 24.0 Å². The largest absolute Gasteiger partial charge is 0.321 e. The lowest BCUT2D eigenvalue weighted by Crippen LogP contribution is -2.44. The van der Waals surface area contributed by atoms with Crippen molar-refractivity contribution >= 4 is 33.8 Å². The molecule has 1 heterocycles. The molecule has 96 valence electrons. The third-order valence-electron chi connectivity index (χ3n) is 3.14. The predicted octanol–water partition coefficient (Wildman–Crippen LogP) is 2.12. The van der Waals surface area contributed by atoms with E-state index >= 15 is 0 Å². The highest BCUT2D eigenvalue weighted by Crippen LogP contribution is 2.31. The molecule has 1 aromatic rings. The van der Waals surface area contributed by atoms with Gasteiger partial charge in [-0.1, -0.05) is 23.7 Å². The summed E-state index contributed by atoms with van der Waals surface area (Å²) in [7, 11) is -2.88. The Morgan fingerprint density at radius 1 is 1.12 bits per heavy atom. The molecular weight excluding hydrogens is 281 g/mol. The molecule has 0 saturated carbocycles. The van der Waals surface area contributed by atoms with Crippen LogP contribution in [0.1, 0.15) is 18.4 Å². The first-order valence-corrected chi connectivity index (χ1v) is 7.37. The second-order valence-corrected chi connectivity index (χ2v) is 7.05. The van der Waals surface area contributed by atoms with E-state index < -0.39 is 15.4 Å². The van der Waals surface area contributed by atoms with Crippen molar-refractivity contribution in [3.63, 3.8) is 0 Å². The highest BCUT2D eigenvalue weighted by atomic mass is 35.5. The molecule has 0 amide bonds. The summed E-state index contributed by atoms with van der Waals surface area (Å²) in [6.07, 6.45) is 0.966. The van der Waals surface area contributed by atoms with Crippen LogP contribution in [0.4, 0.5) is 0 Å². The van der Waals surface area contributed by atoms with Crippen molar-refractivity contribution in [2.45, 2.75) is 18.4 Å². The van der Waals surface area contributed by atoms with E-state index in [0.29, 0.717) is 17.9 Å². The van der Waals surface area contributed by atoms with E-state index in [-0.39, 0.29) is 23.9 Å². The summed E-state index contributed by atoms with van der Waals surface area (Å²) in [6, 6.07) is 7.32. The molecule has 0 spiro atoms. The van der Waals surface area contributed by atoms with Crippen molar-refractivity contribution in [3.8, 4) is 0 Å². The quantitative estimate of drug-likeness (QED) is 0.863. The number of hydrogen-bond acceptors (Lipinski definition) is 3. The summed E-state index contributed by atoms with van der Waals surface area (Å²) in [5.74, 6) is 0.345. The smallest absolute Gasteiger partial charge is 0.150 e. The molecule has 0 aliphatic carbocycles. The van der Waals surface area contributed by atoms with E-state index in [1.807, 2.05) is 12.1 Å². The lowest BCUT2D eigenvalue weighted by Gasteiger charge is -2.33. The van der Waals surface area contributed by atoms with Crippen molar-refractivity contribution in [3.05, 3.63) is 34.9 Å². The Kier molecular flexibility index (Phi) is 4.47. The summed E-state index contributed by atoms with van der Waals surface area (Å²) in [6.45, 7) is 0. The highest BCUT2D eigenvalue weighted by Gasteiger charge is 2.35. The van der Waals surface area contributed by atoms with Crippen LogP contribution in [0.5, 0.6) is 0 Å². The van der Waals surface area contributed by atoms with Crippen molar-refractivity contribution < 1.29 is 8.42 Å². The van der Waals surface area contributed by atoms with Gasteiger partial charge < -0.3 is 5.73 Å². The van der Waals surface area contributed by atoms with E-state index in [0.717, 1.165) is 5.56 Å². The molecule has 0 atom stereocenters. The van der Waals surface area contributed by atoms with Crippen LogP contribution < -0.4 is 5.73 Å². The van der Waals surface area contributed by atoms with Crippen LogP contribution in [0.25, 0.3) is 0 Å². The molecule has 0 aromatic heterocycles. The van der Waals surface area contributed by atoms with Crippen molar-refractivity contribution in [1.29, 1.82) is 0 Å². The second-order valence-electron chi connectivity index (χ2n) is 4.31. The molecule has 1 fully saturated rings. The van der Waals surface area contributed by atoms with Crippen LogP contribution in [-0.2, 0) is 15.4 Å². The Labute approximate surface area is 113 Å². The van der Waals surface area contributed by atoms with Gasteiger partial charge in [0.1, 0.15) is 9.84 Å². The Balaban J connectivity index is 0.00000144. The average Bonchev–Trinajstić information content (AvgIpc) is 2.24. The average molecular weight is 296 g/mol. The van der Waals surface area contributed by atoms with Crippen LogP contribution in [0, 0.1) is 0 Å². The molecule has 1 saturated heterocycles. The maximum Gasteiger partial charge on any atom is 0.150 e. The SMILES string of the molecule is Cl.NC1(c2ccc(Cl)cc2)CCS(=O)(=O)CC1. The first-order valence-electron chi connectivity index (χ1n) is 5.17. The Hall–Kier alpha value is -0.290. The van der Waals surface area contributed by atoms with Gasteiger partial charge in [-0.2, -0.15) is 0 Å². The van der Waals surface area contributed by atoms with Crippen molar-refractivity contribution in [1.82, 2.24) is 0 Å². The topological polar surface area (TPSA) is 60.2 Å². The maximum atomic E-state index is 11.3. The lowest BCUT2D eigenvalue weighted by atomic mass is 9.85. The number of nitrogens with two attached hydrogens (primary N) is 1. The molecule has 2 rings (SSSR count). The van der Waals surface area contributed by atoms with E-state index in [2.05, 4.69) is 0 Å². The summed E-state index contributed by atoms with van der Waals surface area (Å²) in [5.41, 5.74) is 6.69. The Bertz CT molecular complexity index is 471. The monoisotopic (exact) mass is 295 g/mol. The third-order valence-corrected chi connectivity index (χ3v) is 5.04. The fourth-order valence-corrected chi connectivity index (χ4v) is 3.65. The van der Waals surface area contributed by atoms with Gasteiger partial charge in [0.2, 0.25) is 0 Å². The molecule has 3 nitrogen and oxygen atoms in total. The van der Waals surface area contributed by atoms with E-state index in [1.165, 1.54) is 0 Å². The van der Waals surface area contributed by atoms with Crippen LogP contribution in [0.3, 0.4) is 0 Å². The summed E-state index contributed by atoms with van der Waals surface area (Å²) >= 11 is 5.80. The van der Waals surface area contributed by atoms with Gasteiger partial charge in [0.15, 0.2) is 0 Å². The molecule has 17 heavy (non-hydrogen) atoms. The first-order chi connectivity index (χ1) is 7.41. The molecule has 0 bridgehead atoms. The zero-order valence-corrected chi connectivity index (χ0v) is 11.6. The fourth-order valence-electron chi connectivity index (χ4n) is 1.97. The minimum absolute atomic E-state index is 0. The van der Waals surface area contributed by atoms with Crippen molar-refractivity contribution in [2.75, 3.05) is 11.5 Å². The van der Waals surface area contributed by atoms with Gasteiger partial charge in [0, 0.05) is 10.6 Å². The van der Waals surface area contributed by atoms with Crippen LogP contribution in [0.2, 0.25) is 5.02 Å². The van der Waals surface area contributed by atoms with Crippen LogP contribution in [0.15, 0.2) is 24.3 Å². The van der Waals surface area contributed by atoms with Gasteiger partial charge in [0.25, 0.3) is 0 Å². The number of sulfone groups is 1. The molecular formula is C11H15Cl2NO2S. The number of rotatable bonds is 1. The lowest BCUT2D eigenvalue weighted by molar-refractivity contribution is 0.396. The van der Waals surface area contributed by atoms with Gasteiger partial charge in [0.05, 0.1) is 11.5 Å². The maximum absolute atomic E-state index is 11.3. The molecule has 2 N–H and O–H groups in total. The summed E-state index contributed by atoms with van der Waals surface area (Å²) < 4.78 is 22.7. The van der Waals surface area contributed by atoms with Crippen molar-refractivity contribution in [2.24, 2.45) is 5.73 Å². The molecule has 1 aliphatic rings. The summed E-state index contributed by atoms with van der Waals surface area (Å²) in [4.78, 5) is 0. The molecule has 0 unspecified atom stereocenters. The van der Waals surface area contributed by atoms with Gasteiger partial charge >= 0.3 is 0 Å². The summed E-state index contributed by atoms with van der Waals surface area (Å²) in [5, 5.41) is 0.663. The zero-order valence-electron chi connectivity index (χ0n) is 9.23. The fraction of sp³-hybridized carbons (Fsp3) is 0.455. The number of hydrogen-bond donors (Lipinski definition) is 1. The molecule has 1 aliphatic heterocycles. The molecule has 1 aromatic carbocycles. The predicted molar refractivity (Wildman–Crippen MR) is 72.5 cm³/mol. The minimum Gasteiger partial charge on any atom is -0.321 e. The molecule has 0 radical (unpaired) electrons. The molecule has 6 heteroatoms. The standard InChI is InChI=1S/C11H14ClNO2S.ClH/c12-10-3-1-9(2-4-10)11(13)5-7-16(14,15)8-6-11;/h1-4H,5-8,13H2;1H.